The number of amides is 2. The van der Waals surface area contributed by atoms with Crippen LogP contribution in [0, 0.1) is 0 Å². The van der Waals surface area contributed by atoms with Gasteiger partial charge in [-0.1, -0.05) is 30.3 Å². The van der Waals surface area contributed by atoms with E-state index in [4.69, 9.17) is 0 Å². The molecule has 0 N–H and O–H groups in total. The van der Waals surface area contributed by atoms with Gasteiger partial charge in [0.1, 0.15) is 0 Å². The van der Waals surface area contributed by atoms with Gasteiger partial charge in [0.25, 0.3) is 0 Å². The molecule has 0 saturated carbocycles. The first-order chi connectivity index (χ1) is 10.1. The van der Waals surface area contributed by atoms with Crippen LogP contribution in [-0.4, -0.2) is 40.7 Å². The van der Waals surface area contributed by atoms with Crippen molar-refractivity contribution in [1.82, 2.24) is 9.80 Å². The van der Waals surface area contributed by atoms with Crippen LogP contribution in [-0.2, 0) is 16.1 Å². The Labute approximate surface area is 126 Å². The van der Waals surface area contributed by atoms with Gasteiger partial charge in [0, 0.05) is 25.7 Å². The molecule has 21 heavy (non-hydrogen) atoms. The third-order valence-electron chi connectivity index (χ3n) is 4.13. The van der Waals surface area contributed by atoms with Crippen molar-refractivity contribution in [3.05, 3.63) is 35.9 Å². The SMILES string of the molecule is CCN(Cc1ccccc1)C(=O)C(=O)N1CCCCC1C. The van der Waals surface area contributed by atoms with Crippen molar-refractivity contribution in [1.29, 1.82) is 0 Å². The predicted molar refractivity (Wildman–Crippen MR) is 82.6 cm³/mol. The maximum atomic E-state index is 12.5. The third-order valence-corrected chi connectivity index (χ3v) is 4.13. The molecule has 2 rings (SSSR count). The summed E-state index contributed by atoms with van der Waals surface area (Å²) >= 11 is 0. The van der Waals surface area contributed by atoms with E-state index in [2.05, 4.69) is 0 Å². The van der Waals surface area contributed by atoms with Crippen molar-refractivity contribution in [2.24, 2.45) is 0 Å². The van der Waals surface area contributed by atoms with Crippen LogP contribution < -0.4 is 0 Å². The highest BCUT2D eigenvalue weighted by molar-refractivity contribution is 6.34. The summed E-state index contributed by atoms with van der Waals surface area (Å²) in [5, 5.41) is 0. The van der Waals surface area contributed by atoms with Crippen LogP contribution >= 0.6 is 0 Å². The minimum Gasteiger partial charge on any atom is -0.332 e. The largest absolute Gasteiger partial charge is 0.332 e. The number of piperidine rings is 1. The molecular weight excluding hydrogens is 264 g/mol. The molecule has 1 aromatic rings. The molecule has 1 unspecified atom stereocenters. The zero-order chi connectivity index (χ0) is 15.2. The van der Waals surface area contributed by atoms with Gasteiger partial charge in [0.05, 0.1) is 0 Å². The van der Waals surface area contributed by atoms with E-state index in [0.29, 0.717) is 19.6 Å². The summed E-state index contributed by atoms with van der Waals surface area (Å²) in [4.78, 5) is 28.3. The quantitative estimate of drug-likeness (QED) is 0.802. The number of rotatable bonds is 3. The molecule has 1 fully saturated rings. The highest BCUT2D eigenvalue weighted by atomic mass is 16.2. The second-order valence-electron chi connectivity index (χ2n) is 5.65. The van der Waals surface area contributed by atoms with Crippen LogP contribution in [0.1, 0.15) is 38.7 Å². The van der Waals surface area contributed by atoms with Gasteiger partial charge in [-0.25, -0.2) is 0 Å². The topological polar surface area (TPSA) is 40.6 Å². The molecule has 4 heteroatoms. The number of nitrogens with zero attached hydrogens (tertiary/aromatic N) is 2. The summed E-state index contributed by atoms with van der Waals surface area (Å²) < 4.78 is 0. The Kier molecular flexibility index (Phi) is 5.37. The smallest absolute Gasteiger partial charge is 0.312 e. The fraction of sp³-hybridized carbons (Fsp3) is 0.529. The number of likely N-dealkylation sites (N-methyl/N-ethyl adjacent to an activating group) is 1. The molecule has 0 bridgehead atoms. The molecule has 4 nitrogen and oxygen atoms in total. The molecule has 114 valence electrons. The van der Waals surface area contributed by atoms with Crippen molar-refractivity contribution in [2.75, 3.05) is 13.1 Å². The zero-order valence-corrected chi connectivity index (χ0v) is 12.9. The van der Waals surface area contributed by atoms with Gasteiger partial charge in [-0.3, -0.25) is 9.59 Å². The Morgan fingerprint density at radius 3 is 2.57 bits per heavy atom. The average Bonchev–Trinajstić information content (AvgIpc) is 2.53. The molecule has 0 spiro atoms. The number of likely N-dealkylation sites (tertiary alicyclic amines) is 1. The monoisotopic (exact) mass is 288 g/mol. The van der Waals surface area contributed by atoms with Gasteiger partial charge in [-0.2, -0.15) is 0 Å². The Morgan fingerprint density at radius 1 is 1.24 bits per heavy atom. The Bertz CT molecular complexity index is 487. The molecule has 0 aliphatic carbocycles. The second kappa shape index (κ2) is 7.25. The van der Waals surface area contributed by atoms with Gasteiger partial charge < -0.3 is 9.80 Å². The van der Waals surface area contributed by atoms with E-state index in [1.54, 1.807) is 9.80 Å². The summed E-state index contributed by atoms with van der Waals surface area (Å²) in [6.07, 6.45) is 3.12. The van der Waals surface area contributed by atoms with E-state index < -0.39 is 0 Å². The van der Waals surface area contributed by atoms with Crippen molar-refractivity contribution >= 4 is 11.8 Å². The van der Waals surface area contributed by atoms with E-state index >= 15 is 0 Å². The third kappa shape index (κ3) is 3.84. The average molecular weight is 288 g/mol. The maximum absolute atomic E-state index is 12.5. The number of benzene rings is 1. The molecule has 1 saturated heterocycles. The van der Waals surface area contributed by atoms with Crippen LogP contribution in [0.3, 0.4) is 0 Å². The van der Waals surface area contributed by atoms with E-state index in [-0.39, 0.29) is 17.9 Å². The zero-order valence-electron chi connectivity index (χ0n) is 12.9. The summed E-state index contributed by atoms with van der Waals surface area (Å²) in [6, 6.07) is 9.96. The normalized spacial score (nSPS) is 18.4. The molecule has 1 aromatic carbocycles. The van der Waals surface area contributed by atoms with Gasteiger partial charge in [-0.05, 0) is 38.7 Å². The number of carbonyl (C=O) groups excluding carboxylic acids is 2. The van der Waals surface area contributed by atoms with Crippen molar-refractivity contribution in [3.63, 3.8) is 0 Å². The van der Waals surface area contributed by atoms with Crippen LogP contribution in [0.5, 0.6) is 0 Å². The van der Waals surface area contributed by atoms with E-state index in [9.17, 15) is 9.59 Å². The molecule has 1 heterocycles. The van der Waals surface area contributed by atoms with Gasteiger partial charge in [-0.15, -0.1) is 0 Å². The highest BCUT2D eigenvalue weighted by Crippen LogP contribution is 2.17. The van der Waals surface area contributed by atoms with Gasteiger partial charge in [0.2, 0.25) is 0 Å². The van der Waals surface area contributed by atoms with E-state index in [0.717, 1.165) is 24.8 Å². The number of carbonyl (C=O) groups is 2. The number of hydrogen-bond acceptors (Lipinski definition) is 2. The molecule has 1 aliphatic heterocycles. The Hall–Kier alpha value is -1.84. The predicted octanol–water partition coefficient (Wildman–Crippen LogP) is 2.44. The van der Waals surface area contributed by atoms with Crippen LogP contribution in [0.2, 0.25) is 0 Å². The molecule has 0 radical (unpaired) electrons. The summed E-state index contributed by atoms with van der Waals surface area (Å²) in [5.74, 6) is -0.727. The molecular formula is C17H24N2O2. The fourth-order valence-electron chi connectivity index (χ4n) is 2.79. The van der Waals surface area contributed by atoms with Crippen LogP contribution in [0.25, 0.3) is 0 Å². The molecule has 2 amide bonds. The summed E-state index contributed by atoms with van der Waals surface area (Å²) in [5.41, 5.74) is 1.05. The first-order valence-corrected chi connectivity index (χ1v) is 7.77. The highest BCUT2D eigenvalue weighted by Gasteiger charge is 2.30. The standard InChI is InChI=1S/C17H24N2O2/c1-3-18(13-15-10-5-4-6-11-15)16(20)17(21)19-12-8-7-9-14(19)2/h4-6,10-11,14H,3,7-9,12-13H2,1-2H3. The summed E-state index contributed by atoms with van der Waals surface area (Å²) in [7, 11) is 0. The van der Waals surface area contributed by atoms with Crippen LogP contribution in [0.15, 0.2) is 30.3 Å². The minimum atomic E-state index is -0.380. The Balaban J connectivity index is 2.03. The lowest BCUT2D eigenvalue weighted by Crippen LogP contribution is -2.50. The minimum absolute atomic E-state index is 0.172. The lowest BCUT2D eigenvalue weighted by Gasteiger charge is -2.34. The molecule has 0 aromatic heterocycles. The maximum Gasteiger partial charge on any atom is 0.312 e. The van der Waals surface area contributed by atoms with Crippen LogP contribution in [0.4, 0.5) is 0 Å². The first kappa shape index (κ1) is 15.5. The first-order valence-electron chi connectivity index (χ1n) is 7.77. The lowest BCUT2D eigenvalue weighted by atomic mass is 10.0. The van der Waals surface area contributed by atoms with E-state index in [1.807, 2.05) is 44.2 Å². The van der Waals surface area contributed by atoms with E-state index in [1.165, 1.54) is 0 Å². The Morgan fingerprint density at radius 2 is 1.95 bits per heavy atom. The molecule has 1 atom stereocenters. The lowest BCUT2D eigenvalue weighted by molar-refractivity contribution is -0.154. The molecule has 1 aliphatic rings. The second-order valence-corrected chi connectivity index (χ2v) is 5.65. The van der Waals surface area contributed by atoms with Gasteiger partial charge >= 0.3 is 11.8 Å². The summed E-state index contributed by atoms with van der Waals surface area (Å²) in [6.45, 7) is 5.67. The fourth-order valence-corrected chi connectivity index (χ4v) is 2.79. The van der Waals surface area contributed by atoms with Gasteiger partial charge in [0.15, 0.2) is 0 Å². The number of hydrogen-bond donors (Lipinski definition) is 0. The van der Waals surface area contributed by atoms with Crippen molar-refractivity contribution in [3.8, 4) is 0 Å². The van der Waals surface area contributed by atoms with Crippen molar-refractivity contribution < 1.29 is 9.59 Å². The van der Waals surface area contributed by atoms with Crippen molar-refractivity contribution in [2.45, 2.75) is 45.7 Å².